The monoisotopic (exact) mass is 293 g/mol. The molecule has 0 atom stereocenters. The summed E-state index contributed by atoms with van der Waals surface area (Å²) in [6.07, 6.45) is 1.53. The van der Waals surface area contributed by atoms with Crippen LogP contribution in [0.1, 0.15) is 21.6 Å². The van der Waals surface area contributed by atoms with Crippen LogP contribution in [0.5, 0.6) is 0 Å². The molecule has 0 fully saturated rings. The number of carbonyl (C=O) groups is 1. The summed E-state index contributed by atoms with van der Waals surface area (Å²) in [7, 11) is 0. The highest BCUT2D eigenvalue weighted by molar-refractivity contribution is 9.08. The first kappa shape index (κ1) is 11.9. The molecule has 0 radical (unpaired) electrons. The van der Waals surface area contributed by atoms with Crippen molar-refractivity contribution >= 4 is 27.5 Å². The maximum atomic E-state index is 11.9. The molecule has 17 heavy (non-hydrogen) atoms. The lowest BCUT2D eigenvalue weighted by Crippen LogP contribution is -2.12. The maximum absolute atomic E-state index is 11.9. The molecule has 1 aromatic heterocycles. The van der Waals surface area contributed by atoms with Crippen molar-refractivity contribution in [1.29, 1.82) is 0 Å². The Balaban J connectivity index is 2.10. The number of anilines is 1. The number of rotatable bonds is 3. The summed E-state index contributed by atoms with van der Waals surface area (Å²) in [4.78, 5) is 11.9. The average Bonchev–Trinajstić information content (AvgIpc) is 2.76. The molecule has 2 aromatic rings. The third kappa shape index (κ3) is 2.74. The Morgan fingerprint density at radius 1 is 1.41 bits per heavy atom. The molecule has 5 heteroatoms. The van der Waals surface area contributed by atoms with E-state index >= 15 is 0 Å². The second-order valence-corrected chi connectivity index (χ2v) is 4.25. The molecule has 2 rings (SSSR count). The summed E-state index contributed by atoms with van der Waals surface area (Å²) in [5, 5.41) is 10.2. The molecule has 0 aliphatic heterocycles. The normalized spacial score (nSPS) is 10.2. The third-order valence-electron chi connectivity index (χ3n) is 2.44. The predicted molar refractivity (Wildman–Crippen MR) is 70.4 cm³/mol. The van der Waals surface area contributed by atoms with Crippen molar-refractivity contribution in [1.82, 2.24) is 10.2 Å². The second kappa shape index (κ2) is 5.14. The minimum absolute atomic E-state index is 0.150. The van der Waals surface area contributed by atoms with Gasteiger partial charge in [0.15, 0.2) is 0 Å². The number of H-pyrrole nitrogens is 1. The highest BCUT2D eigenvalue weighted by Crippen LogP contribution is 2.13. The van der Waals surface area contributed by atoms with E-state index in [9.17, 15) is 4.79 Å². The lowest BCUT2D eigenvalue weighted by Gasteiger charge is -2.04. The number of halogens is 1. The highest BCUT2D eigenvalue weighted by atomic mass is 79.9. The van der Waals surface area contributed by atoms with Gasteiger partial charge in [-0.15, -0.1) is 0 Å². The summed E-state index contributed by atoms with van der Waals surface area (Å²) in [5.74, 6) is -0.150. The molecule has 0 unspecified atom stereocenters. The van der Waals surface area contributed by atoms with Crippen molar-refractivity contribution in [2.45, 2.75) is 12.3 Å². The molecule has 2 N–H and O–H groups in total. The van der Waals surface area contributed by atoms with E-state index in [1.165, 1.54) is 11.8 Å². The summed E-state index contributed by atoms with van der Waals surface area (Å²) < 4.78 is 0. The summed E-state index contributed by atoms with van der Waals surface area (Å²) >= 11 is 3.37. The minimum atomic E-state index is -0.150. The van der Waals surface area contributed by atoms with Crippen molar-refractivity contribution < 1.29 is 4.79 Å². The van der Waals surface area contributed by atoms with E-state index < -0.39 is 0 Å². The van der Waals surface area contributed by atoms with Gasteiger partial charge in [-0.1, -0.05) is 28.1 Å². The Bertz CT molecular complexity index is 519. The molecule has 0 spiro atoms. The van der Waals surface area contributed by atoms with Gasteiger partial charge in [-0.05, 0) is 24.6 Å². The topological polar surface area (TPSA) is 57.8 Å². The molecule has 1 aromatic carbocycles. The molecule has 0 aliphatic rings. The van der Waals surface area contributed by atoms with Crippen molar-refractivity contribution in [2.75, 3.05) is 5.32 Å². The highest BCUT2D eigenvalue weighted by Gasteiger charge is 2.10. The maximum Gasteiger partial charge on any atom is 0.259 e. The summed E-state index contributed by atoms with van der Waals surface area (Å²) in [6, 6.07) is 7.69. The quantitative estimate of drug-likeness (QED) is 0.855. The van der Waals surface area contributed by atoms with Crippen LogP contribution in [0, 0.1) is 6.92 Å². The first-order chi connectivity index (χ1) is 8.20. The fraction of sp³-hybridized carbons (Fsp3) is 0.167. The van der Waals surface area contributed by atoms with Gasteiger partial charge in [0.1, 0.15) is 0 Å². The molecule has 1 heterocycles. The van der Waals surface area contributed by atoms with Gasteiger partial charge in [0.25, 0.3) is 5.91 Å². The van der Waals surface area contributed by atoms with Crippen molar-refractivity contribution in [3.63, 3.8) is 0 Å². The number of hydrogen-bond donors (Lipinski definition) is 2. The Hall–Kier alpha value is -1.62. The van der Waals surface area contributed by atoms with E-state index in [1.54, 1.807) is 0 Å². The molecule has 0 saturated heterocycles. The fourth-order valence-corrected chi connectivity index (χ4v) is 1.83. The van der Waals surface area contributed by atoms with Gasteiger partial charge in [0, 0.05) is 16.7 Å². The van der Waals surface area contributed by atoms with Crippen LogP contribution < -0.4 is 5.32 Å². The third-order valence-corrected chi connectivity index (χ3v) is 3.09. The fourth-order valence-electron chi connectivity index (χ4n) is 1.46. The number of carbonyl (C=O) groups excluding carboxylic acids is 1. The van der Waals surface area contributed by atoms with Crippen LogP contribution in [0.2, 0.25) is 0 Å². The van der Waals surface area contributed by atoms with E-state index in [0.717, 1.165) is 16.7 Å². The Morgan fingerprint density at radius 2 is 2.12 bits per heavy atom. The van der Waals surface area contributed by atoms with Gasteiger partial charge in [-0.3, -0.25) is 9.89 Å². The lowest BCUT2D eigenvalue weighted by atomic mass is 10.2. The molecular weight excluding hydrogens is 282 g/mol. The molecular formula is C12H12BrN3O. The van der Waals surface area contributed by atoms with Crippen LogP contribution in [0.25, 0.3) is 0 Å². The van der Waals surface area contributed by atoms with Gasteiger partial charge in [0.05, 0.1) is 11.8 Å². The van der Waals surface area contributed by atoms with Gasteiger partial charge in [-0.25, -0.2) is 0 Å². The lowest BCUT2D eigenvalue weighted by molar-refractivity contribution is 0.102. The van der Waals surface area contributed by atoms with Crippen LogP contribution >= 0.6 is 15.9 Å². The Kier molecular flexibility index (Phi) is 3.58. The number of alkyl halides is 1. The van der Waals surface area contributed by atoms with Crippen molar-refractivity contribution in [3.05, 3.63) is 47.3 Å². The SMILES string of the molecule is Cc1[nH]ncc1C(=O)Nc1ccc(CBr)cc1. The first-order valence-electron chi connectivity index (χ1n) is 5.17. The predicted octanol–water partition coefficient (Wildman–Crippen LogP) is 2.87. The number of amides is 1. The Morgan fingerprint density at radius 3 is 2.65 bits per heavy atom. The number of aromatic amines is 1. The zero-order valence-electron chi connectivity index (χ0n) is 9.33. The number of nitrogens with one attached hydrogen (secondary N) is 2. The number of aryl methyl sites for hydroxylation is 1. The summed E-state index contributed by atoms with van der Waals surface area (Å²) in [6.45, 7) is 1.82. The van der Waals surface area contributed by atoms with Gasteiger partial charge in [0.2, 0.25) is 0 Å². The molecule has 0 aliphatic carbocycles. The van der Waals surface area contributed by atoms with E-state index in [1.807, 2.05) is 31.2 Å². The van der Waals surface area contributed by atoms with Gasteiger partial charge >= 0.3 is 0 Å². The number of aromatic nitrogens is 2. The van der Waals surface area contributed by atoms with Crippen LogP contribution in [0.3, 0.4) is 0 Å². The van der Waals surface area contributed by atoms with Crippen molar-refractivity contribution in [3.8, 4) is 0 Å². The smallest absolute Gasteiger partial charge is 0.259 e. The molecule has 0 saturated carbocycles. The van der Waals surface area contributed by atoms with Crippen LogP contribution in [-0.2, 0) is 5.33 Å². The molecule has 1 amide bonds. The van der Waals surface area contributed by atoms with Crippen molar-refractivity contribution in [2.24, 2.45) is 0 Å². The molecule has 88 valence electrons. The molecule has 0 bridgehead atoms. The average molecular weight is 294 g/mol. The van der Waals surface area contributed by atoms with E-state index in [2.05, 4.69) is 31.4 Å². The van der Waals surface area contributed by atoms with Crippen LogP contribution in [0.4, 0.5) is 5.69 Å². The number of hydrogen-bond acceptors (Lipinski definition) is 2. The zero-order valence-corrected chi connectivity index (χ0v) is 10.9. The number of nitrogens with zero attached hydrogens (tertiary/aromatic N) is 1. The van der Waals surface area contributed by atoms with E-state index in [4.69, 9.17) is 0 Å². The summed E-state index contributed by atoms with van der Waals surface area (Å²) in [5.41, 5.74) is 3.27. The van der Waals surface area contributed by atoms with Gasteiger partial charge in [-0.2, -0.15) is 5.10 Å². The van der Waals surface area contributed by atoms with Gasteiger partial charge < -0.3 is 5.32 Å². The molecule has 4 nitrogen and oxygen atoms in total. The minimum Gasteiger partial charge on any atom is -0.322 e. The Labute approximate surface area is 108 Å². The largest absolute Gasteiger partial charge is 0.322 e. The second-order valence-electron chi connectivity index (χ2n) is 3.69. The van der Waals surface area contributed by atoms with Crippen LogP contribution in [-0.4, -0.2) is 16.1 Å². The number of benzene rings is 1. The standard InChI is InChI=1S/C12H12BrN3O/c1-8-11(7-14-16-8)12(17)15-10-4-2-9(6-13)3-5-10/h2-5,7H,6H2,1H3,(H,14,16)(H,15,17). The van der Waals surface area contributed by atoms with E-state index in [0.29, 0.717) is 5.56 Å². The van der Waals surface area contributed by atoms with Crippen LogP contribution in [0.15, 0.2) is 30.5 Å². The zero-order chi connectivity index (χ0) is 12.3. The first-order valence-corrected chi connectivity index (χ1v) is 6.29. The van der Waals surface area contributed by atoms with E-state index in [-0.39, 0.29) is 5.91 Å².